The summed E-state index contributed by atoms with van der Waals surface area (Å²) in [6.07, 6.45) is 6.45. The van der Waals surface area contributed by atoms with Crippen LogP contribution in [0.4, 0.5) is 0 Å². The minimum atomic E-state index is 0.295. The van der Waals surface area contributed by atoms with Gasteiger partial charge >= 0.3 is 0 Å². The van der Waals surface area contributed by atoms with E-state index in [-0.39, 0.29) is 0 Å². The van der Waals surface area contributed by atoms with Crippen LogP contribution in [-0.2, 0) is 17.8 Å². The molecule has 0 bridgehead atoms. The average Bonchev–Trinajstić information content (AvgIpc) is 2.56. The van der Waals surface area contributed by atoms with Crippen LogP contribution in [0, 0.1) is 0 Å². The highest BCUT2D eigenvalue weighted by molar-refractivity contribution is 5.15. The predicted molar refractivity (Wildman–Crippen MR) is 89.2 cm³/mol. The molecule has 0 radical (unpaired) electrons. The molecule has 0 aromatic heterocycles. The second-order valence-electron chi connectivity index (χ2n) is 5.31. The highest BCUT2D eigenvalue weighted by Gasteiger charge is 2.09. The molecule has 1 nitrogen and oxygen atoms in total. The van der Waals surface area contributed by atoms with Gasteiger partial charge in [-0.25, -0.2) is 0 Å². The Hall–Kier alpha value is -1.86. The number of aryl methyl sites for hydroxylation is 1. The molecule has 0 spiro atoms. The number of hydrogen-bond donors (Lipinski definition) is 0. The number of ether oxygens (including phenoxy) is 1. The number of allylic oxidation sites excluding steroid dienone is 1. The van der Waals surface area contributed by atoms with Crippen LogP contribution in [0.3, 0.4) is 0 Å². The summed E-state index contributed by atoms with van der Waals surface area (Å²) in [6, 6.07) is 21.0. The van der Waals surface area contributed by atoms with Gasteiger partial charge in [0.05, 0.1) is 12.7 Å². The van der Waals surface area contributed by atoms with Gasteiger partial charge in [-0.2, -0.15) is 0 Å². The summed E-state index contributed by atoms with van der Waals surface area (Å²) in [5.41, 5.74) is 2.62. The van der Waals surface area contributed by atoms with Gasteiger partial charge in [-0.3, -0.25) is 0 Å². The molecule has 0 aliphatic carbocycles. The lowest BCUT2D eigenvalue weighted by molar-refractivity contribution is 0.0303. The number of rotatable bonds is 9. The molecule has 0 fully saturated rings. The van der Waals surface area contributed by atoms with Gasteiger partial charge in [0.25, 0.3) is 0 Å². The van der Waals surface area contributed by atoms with E-state index >= 15 is 0 Å². The van der Waals surface area contributed by atoms with Gasteiger partial charge in [0.2, 0.25) is 0 Å². The standard InChI is InChI=1S/C20H24O/c1-2-3-14-20(16-15-18-10-6-4-7-11-18)21-17-19-12-8-5-9-13-19/h2,4-13,20H,1,3,14-17H2. The van der Waals surface area contributed by atoms with Crippen molar-refractivity contribution in [2.45, 2.75) is 38.4 Å². The predicted octanol–water partition coefficient (Wildman–Crippen LogP) is 5.17. The monoisotopic (exact) mass is 280 g/mol. The van der Waals surface area contributed by atoms with E-state index in [0.717, 1.165) is 25.7 Å². The van der Waals surface area contributed by atoms with Crippen molar-refractivity contribution in [1.82, 2.24) is 0 Å². The summed E-state index contributed by atoms with van der Waals surface area (Å²) < 4.78 is 6.10. The summed E-state index contributed by atoms with van der Waals surface area (Å²) >= 11 is 0. The second-order valence-corrected chi connectivity index (χ2v) is 5.31. The number of benzene rings is 2. The average molecular weight is 280 g/mol. The van der Waals surface area contributed by atoms with Gasteiger partial charge in [0.1, 0.15) is 0 Å². The Morgan fingerprint density at radius 2 is 1.48 bits per heavy atom. The van der Waals surface area contributed by atoms with Crippen molar-refractivity contribution in [3.63, 3.8) is 0 Å². The van der Waals surface area contributed by atoms with Crippen molar-refractivity contribution >= 4 is 0 Å². The molecule has 1 heteroatoms. The molecule has 0 amide bonds. The van der Waals surface area contributed by atoms with Crippen molar-refractivity contribution in [2.75, 3.05) is 0 Å². The van der Waals surface area contributed by atoms with Crippen LogP contribution >= 0.6 is 0 Å². The molecule has 2 aromatic carbocycles. The zero-order chi connectivity index (χ0) is 14.8. The minimum absolute atomic E-state index is 0.295. The van der Waals surface area contributed by atoms with Crippen LogP contribution in [0.2, 0.25) is 0 Å². The van der Waals surface area contributed by atoms with E-state index in [4.69, 9.17) is 4.74 Å². The van der Waals surface area contributed by atoms with Crippen molar-refractivity contribution in [1.29, 1.82) is 0 Å². The molecule has 2 aromatic rings. The van der Waals surface area contributed by atoms with E-state index in [1.165, 1.54) is 11.1 Å². The highest BCUT2D eigenvalue weighted by Crippen LogP contribution is 2.14. The van der Waals surface area contributed by atoms with Crippen LogP contribution in [0.25, 0.3) is 0 Å². The molecule has 1 atom stereocenters. The van der Waals surface area contributed by atoms with E-state index < -0.39 is 0 Å². The lowest BCUT2D eigenvalue weighted by Gasteiger charge is -2.17. The molecule has 0 saturated heterocycles. The molecule has 1 unspecified atom stereocenters. The van der Waals surface area contributed by atoms with Gasteiger partial charge in [-0.05, 0) is 36.8 Å². The quantitative estimate of drug-likeness (QED) is 0.576. The fourth-order valence-electron chi connectivity index (χ4n) is 2.38. The van der Waals surface area contributed by atoms with E-state index in [9.17, 15) is 0 Å². The van der Waals surface area contributed by atoms with Gasteiger partial charge in [0.15, 0.2) is 0 Å². The van der Waals surface area contributed by atoms with E-state index in [2.05, 4.69) is 61.2 Å². The van der Waals surface area contributed by atoms with Gasteiger partial charge in [-0.15, -0.1) is 6.58 Å². The summed E-state index contributed by atoms with van der Waals surface area (Å²) in [6.45, 7) is 4.51. The first-order valence-electron chi connectivity index (χ1n) is 7.69. The van der Waals surface area contributed by atoms with E-state index in [0.29, 0.717) is 12.7 Å². The van der Waals surface area contributed by atoms with Crippen molar-refractivity contribution in [3.05, 3.63) is 84.4 Å². The lowest BCUT2D eigenvalue weighted by Crippen LogP contribution is -2.14. The summed E-state index contributed by atoms with van der Waals surface area (Å²) in [5.74, 6) is 0. The molecule has 0 aliphatic rings. The Bertz CT molecular complexity index is 460. The van der Waals surface area contributed by atoms with Crippen LogP contribution in [0.15, 0.2) is 73.3 Å². The van der Waals surface area contributed by atoms with Crippen molar-refractivity contribution in [3.8, 4) is 0 Å². The first-order valence-corrected chi connectivity index (χ1v) is 7.69. The number of hydrogen-bond acceptors (Lipinski definition) is 1. The molecular weight excluding hydrogens is 256 g/mol. The third kappa shape index (κ3) is 5.97. The zero-order valence-electron chi connectivity index (χ0n) is 12.6. The highest BCUT2D eigenvalue weighted by atomic mass is 16.5. The normalized spacial score (nSPS) is 12.0. The van der Waals surface area contributed by atoms with Gasteiger partial charge < -0.3 is 4.74 Å². The van der Waals surface area contributed by atoms with Gasteiger partial charge in [0, 0.05) is 0 Å². The molecule has 0 aliphatic heterocycles. The van der Waals surface area contributed by atoms with Crippen molar-refractivity contribution in [2.24, 2.45) is 0 Å². The second kappa shape index (κ2) is 9.15. The van der Waals surface area contributed by atoms with Crippen molar-refractivity contribution < 1.29 is 4.74 Å². The van der Waals surface area contributed by atoms with Crippen LogP contribution in [0.5, 0.6) is 0 Å². The maximum absolute atomic E-state index is 6.10. The molecule has 0 saturated carbocycles. The Balaban J connectivity index is 1.83. The summed E-state index contributed by atoms with van der Waals surface area (Å²) in [5, 5.41) is 0. The Morgan fingerprint density at radius 1 is 0.857 bits per heavy atom. The maximum Gasteiger partial charge on any atom is 0.0720 e. The topological polar surface area (TPSA) is 9.23 Å². The van der Waals surface area contributed by atoms with Crippen LogP contribution < -0.4 is 0 Å². The molecule has 21 heavy (non-hydrogen) atoms. The fraction of sp³-hybridized carbons (Fsp3) is 0.300. The third-order valence-corrected chi connectivity index (χ3v) is 3.62. The Labute approximate surface area is 128 Å². The van der Waals surface area contributed by atoms with Gasteiger partial charge in [-0.1, -0.05) is 66.7 Å². The van der Waals surface area contributed by atoms with E-state index in [1.54, 1.807) is 0 Å². The molecule has 2 rings (SSSR count). The van der Waals surface area contributed by atoms with E-state index in [1.807, 2.05) is 12.1 Å². The maximum atomic E-state index is 6.10. The molecular formula is C20H24O. The molecule has 0 N–H and O–H groups in total. The lowest BCUT2D eigenvalue weighted by atomic mass is 10.0. The Kier molecular flexibility index (Phi) is 6.76. The smallest absolute Gasteiger partial charge is 0.0720 e. The largest absolute Gasteiger partial charge is 0.374 e. The summed E-state index contributed by atoms with van der Waals surface area (Å²) in [7, 11) is 0. The first-order chi connectivity index (χ1) is 10.4. The minimum Gasteiger partial charge on any atom is -0.374 e. The molecule has 110 valence electrons. The third-order valence-electron chi connectivity index (χ3n) is 3.62. The zero-order valence-corrected chi connectivity index (χ0v) is 12.6. The fourth-order valence-corrected chi connectivity index (χ4v) is 2.38. The Morgan fingerprint density at radius 3 is 2.10 bits per heavy atom. The molecule has 0 heterocycles. The SMILES string of the molecule is C=CCCC(CCc1ccccc1)OCc1ccccc1. The van der Waals surface area contributed by atoms with Crippen LogP contribution in [0.1, 0.15) is 30.4 Å². The summed E-state index contributed by atoms with van der Waals surface area (Å²) in [4.78, 5) is 0. The van der Waals surface area contributed by atoms with Crippen LogP contribution in [-0.4, -0.2) is 6.10 Å². The first kappa shape index (κ1) is 15.5.